The smallest absolute Gasteiger partial charge is 0.344 e. The molecule has 0 spiro atoms. The SMILES string of the molecule is C=C(O)CN(CC(=C)O)CP(=O)(OC)OC. The van der Waals surface area contributed by atoms with E-state index in [9.17, 15) is 4.57 Å². The minimum Gasteiger partial charge on any atom is -0.512 e. The number of nitrogens with zero attached hydrogens (tertiary/aromatic N) is 1. The average Bonchev–Trinajstić information content (AvgIpc) is 2.15. The Hall–Kier alpha value is -0.810. The Kier molecular flexibility index (Phi) is 6.36. The highest BCUT2D eigenvalue weighted by atomic mass is 31.2. The molecule has 0 unspecified atom stereocenters. The van der Waals surface area contributed by atoms with Crippen molar-refractivity contribution in [3.8, 4) is 0 Å². The van der Waals surface area contributed by atoms with Crippen LogP contribution in [0.15, 0.2) is 24.7 Å². The van der Waals surface area contributed by atoms with Crippen LogP contribution in [0.1, 0.15) is 0 Å². The molecule has 2 N–H and O–H groups in total. The first-order valence-electron chi connectivity index (χ1n) is 4.49. The van der Waals surface area contributed by atoms with Crippen molar-refractivity contribution in [2.45, 2.75) is 0 Å². The third-order valence-electron chi connectivity index (χ3n) is 1.74. The molecule has 0 atom stereocenters. The fourth-order valence-corrected chi connectivity index (χ4v) is 2.18. The Labute approximate surface area is 95.3 Å². The number of hydrogen-bond donors (Lipinski definition) is 2. The maximum Gasteiger partial charge on any atom is 0.344 e. The molecule has 0 fully saturated rings. The summed E-state index contributed by atoms with van der Waals surface area (Å²) in [5.41, 5.74) is 0. The van der Waals surface area contributed by atoms with Gasteiger partial charge in [-0.25, -0.2) is 0 Å². The van der Waals surface area contributed by atoms with E-state index in [1.54, 1.807) is 0 Å². The highest BCUT2D eigenvalue weighted by Crippen LogP contribution is 2.46. The maximum absolute atomic E-state index is 11.8. The Morgan fingerprint density at radius 3 is 1.81 bits per heavy atom. The van der Waals surface area contributed by atoms with Crippen molar-refractivity contribution in [2.24, 2.45) is 0 Å². The quantitative estimate of drug-likeness (QED) is 0.506. The zero-order valence-corrected chi connectivity index (χ0v) is 10.4. The molecule has 0 amide bonds. The van der Waals surface area contributed by atoms with Crippen molar-refractivity contribution in [1.82, 2.24) is 4.90 Å². The zero-order valence-electron chi connectivity index (χ0n) is 9.55. The van der Waals surface area contributed by atoms with E-state index in [4.69, 9.17) is 19.3 Å². The first-order chi connectivity index (χ1) is 7.33. The molecule has 0 saturated heterocycles. The van der Waals surface area contributed by atoms with E-state index in [1.807, 2.05) is 0 Å². The van der Waals surface area contributed by atoms with Gasteiger partial charge in [0.05, 0.1) is 24.6 Å². The molecule has 0 radical (unpaired) electrons. The second-order valence-electron chi connectivity index (χ2n) is 3.24. The number of aliphatic hydroxyl groups is 2. The molecule has 0 aliphatic carbocycles. The molecule has 6 nitrogen and oxygen atoms in total. The summed E-state index contributed by atoms with van der Waals surface area (Å²) < 4.78 is 21.3. The third kappa shape index (κ3) is 5.92. The van der Waals surface area contributed by atoms with E-state index in [0.29, 0.717) is 0 Å². The van der Waals surface area contributed by atoms with E-state index in [1.165, 1.54) is 19.1 Å². The predicted octanol–water partition coefficient (Wildman–Crippen LogP) is 1.88. The lowest BCUT2D eigenvalue weighted by molar-refractivity contribution is 0.220. The van der Waals surface area contributed by atoms with Crippen molar-refractivity contribution in [3.05, 3.63) is 24.7 Å². The summed E-state index contributed by atoms with van der Waals surface area (Å²) in [5, 5.41) is 18.1. The Morgan fingerprint density at radius 1 is 1.19 bits per heavy atom. The summed E-state index contributed by atoms with van der Waals surface area (Å²) in [6.45, 7) is 6.73. The van der Waals surface area contributed by atoms with E-state index < -0.39 is 7.60 Å². The van der Waals surface area contributed by atoms with Gasteiger partial charge in [-0.15, -0.1) is 0 Å². The van der Waals surface area contributed by atoms with Crippen LogP contribution in [0.5, 0.6) is 0 Å². The van der Waals surface area contributed by atoms with Crippen LogP contribution in [-0.2, 0) is 13.6 Å². The fourth-order valence-electron chi connectivity index (χ4n) is 1.11. The van der Waals surface area contributed by atoms with Crippen molar-refractivity contribution in [1.29, 1.82) is 0 Å². The largest absolute Gasteiger partial charge is 0.512 e. The standard InChI is InChI=1S/C9H18NO5P/c1-8(11)5-10(6-9(2)12)7-16(13,14-3)15-4/h11-12H,1-2,5-7H2,3-4H3. The van der Waals surface area contributed by atoms with Crippen LogP contribution >= 0.6 is 7.60 Å². The molecule has 0 rings (SSSR count). The topological polar surface area (TPSA) is 79.2 Å². The molecular weight excluding hydrogens is 233 g/mol. The molecule has 0 aromatic heterocycles. The van der Waals surface area contributed by atoms with Gasteiger partial charge in [-0.1, -0.05) is 13.2 Å². The van der Waals surface area contributed by atoms with E-state index in [0.717, 1.165) is 0 Å². The van der Waals surface area contributed by atoms with Gasteiger partial charge in [-0.2, -0.15) is 0 Å². The minimum atomic E-state index is -3.23. The summed E-state index contributed by atoms with van der Waals surface area (Å²) >= 11 is 0. The molecule has 0 aromatic rings. The normalized spacial score (nSPS) is 11.7. The summed E-state index contributed by atoms with van der Waals surface area (Å²) in [5.74, 6) is -0.222. The zero-order chi connectivity index (χ0) is 12.8. The number of aliphatic hydroxyl groups excluding tert-OH is 2. The summed E-state index contributed by atoms with van der Waals surface area (Å²) in [6, 6.07) is 0. The molecule has 0 aliphatic rings. The van der Waals surface area contributed by atoms with Gasteiger partial charge in [0.1, 0.15) is 6.29 Å². The third-order valence-corrected chi connectivity index (χ3v) is 3.60. The number of hydrogen-bond acceptors (Lipinski definition) is 6. The van der Waals surface area contributed by atoms with Gasteiger partial charge in [0.15, 0.2) is 0 Å². The van der Waals surface area contributed by atoms with Gasteiger partial charge in [-0.3, -0.25) is 9.46 Å². The van der Waals surface area contributed by atoms with Crippen molar-refractivity contribution in [3.63, 3.8) is 0 Å². The van der Waals surface area contributed by atoms with E-state index >= 15 is 0 Å². The van der Waals surface area contributed by atoms with E-state index in [2.05, 4.69) is 13.2 Å². The van der Waals surface area contributed by atoms with Crippen molar-refractivity contribution >= 4 is 7.60 Å². The predicted molar refractivity (Wildman–Crippen MR) is 61.6 cm³/mol. The molecule has 16 heavy (non-hydrogen) atoms. The molecule has 0 saturated carbocycles. The Balaban J connectivity index is 4.58. The molecule has 0 aromatic carbocycles. The van der Waals surface area contributed by atoms with E-state index in [-0.39, 0.29) is 30.9 Å². The summed E-state index contributed by atoms with van der Waals surface area (Å²) in [7, 11) is -0.693. The summed E-state index contributed by atoms with van der Waals surface area (Å²) in [4.78, 5) is 1.46. The fraction of sp³-hybridized carbons (Fsp3) is 0.556. The van der Waals surface area contributed by atoms with Crippen LogP contribution in [0, 0.1) is 0 Å². The van der Waals surface area contributed by atoms with Crippen LogP contribution < -0.4 is 0 Å². The van der Waals surface area contributed by atoms with Crippen molar-refractivity contribution in [2.75, 3.05) is 33.6 Å². The van der Waals surface area contributed by atoms with Gasteiger partial charge >= 0.3 is 7.60 Å². The molecule has 94 valence electrons. The highest BCUT2D eigenvalue weighted by molar-refractivity contribution is 7.53. The van der Waals surface area contributed by atoms with Crippen LogP contribution in [0.3, 0.4) is 0 Å². The lowest BCUT2D eigenvalue weighted by Crippen LogP contribution is -2.29. The molecule has 0 aliphatic heterocycles. The molecular formula is C9H18NO5P. The van der Waals surface area contributed by atoms with Crippen LogP contribution in [0.25, 0.3) is 0 Å². The molecule has 0 heterocycles. The second kappa shape index (κ2) is 6.70. The lowest BCUT2D eigenvalue weighted by Gasteiger charge is -2.24. The van der Waals surface area contributed by atoms with Gasteiger partial charge in [0.25, 0.3) is 0 Å². The first kappa shape index (κ1) is 15.2. The Morgan fingerprint density at radius 2 is 1.56 bits per heavy atom. The number of rotatable bonds is 8. The van der Waals surface area contributed by atoms with Gasteiger partial charge in [0, 0.05) is 14.2 Å². The Bertz CT molecular complexity index is 280. The van der Waals surface area contributed by atoms with Crippen molar-refractivity contribution < 1.29 is 23.8 Å². The monoisotopic (exact) mass is 251 g/mol. The van der Waals surface area contributed by atoms with Crippen LogP contribution in [-0.4, -0.2) is 48.7 Å². The molecule has 7 heteroatoms. The van der Waals surface area contributed by atoms with Gasteiger partial charge < -0.3 is 19.3 Å². The van der Waals surface area contributed by atoms with Gasteiger partial charge in [0.2, 0.25) is 0 Å². The maximum atomic E-state index is 11.8. The molecule has 0 bridgehead atoms. The summed E-state index contributed by atoms with van der Waals surface area (Å²) in [6.07, 6.45) is -0.0703. The second-order valence-corrected chi connectivity index (χ2v) is 5.47. The van der Waals surface area contributed by atoms with Gasteiger partial charge in [-0.05, 0) is 0 Å². The minimum absolute atomic E-state index is 0.0519. The lowest BCUT2D eigenvalue weighted by atomic mass is 10.4. The average molecular weight is 251 g/mol. The van der Waals surface area contributed by atoms with Crippen LogP contribution in [0.4, 0.5) is 0 Å². The highest BCUT2D eigenvalue weighted by Gasteiger charge is 2.25. The van der Waals surface area contributed by atoms with Crippen LogP contribution in [0.2, 0.25) is 0 Å². The first-order valence-corrected chi connectivity index (χ1v) is 6.22.